The number of hydrogen-bond donors (Lipinski definition) is 1. The zero-order valence-electron chi connectivity index (χ0n) is 22.8. The van der Waals surface area contributed by atoms with E-state index in [9.17, 15) is 19.2 Å². The molecule has 0 heterocycles. The van der Waals surface area contributed by atoms with Crippen molar-refractivity contribution in [2.24, 2.45) is 23.5 Å². The fraction of sp³-hybridized carbons (Fsp3) is 0.643. The van der Waals surface area contributed by atoms with Gasteiger partial charge in [0.15, 0.2) is 11.5 Å². The Kier molecular flexibility index (Phi) is 11.6. The molecule has 9 nitrogen and oxygen atoms in total. The van der Waals surface area contributed by atoms with Gasteiger partial charge in [-0.15, -0.1) is 0 Å². The van der Waals surface area contributed by atoms with Crippen molar-refractivity contribution in [2.45, 2.75) is 98.3 Å². The summed E-state index contributed by atoms with van der Waals surface area (Å²) in [4.78, 5) is 49.3. The van der Waals surface area contributed by atoms with Crippen molar-refractivity contribution in [1.82, 2.24) is 0 Å². The Hall–Kier alpha value is -2.94. The molecule has 37 heavy (non-hydrogen) atoms. The lowest BCUT2D eigenvalue weighted by Gasteiger charge is -2.26. The third kappa shape index (κ3) is 9.46. The van der Waals surface area contributed by atoms with Crippen LogP contribution in [-0.2, 0) is 35.1 Å². The van der Waals surface area contributed by atoms with E-state index in [1.165, 1.54) is 12.1 Å². The minimum atomic E-state index is -1.01. The molecule has 0 amide bonds. The van der Waals surface area contributed by atoms with E-state index in [4.69, 9.17) is 24.7 Å². The number of nitrogens with two attached hydrogens (primary N) is 1. The zero-order chi connectivity index (χ0) is 27.7. The molecule has 0 aliphatic heterocycles. The SMILES string of the molecule is CC(C)C(=O)Oc1ccc(C[C@H](N)C(=O)O[C@@H](C)[C@H](C)OC(=O)C2CCCCC2)cc1OC(=O)C(C)C. The van der Waals surface area contributed by atoms with E-state index in [2.05, 4.69) is 0 Å². The maximum Gasteiger partial charge on any atom is 0.323 e. The molecule has 206 valence electrons. The lowest BCUT2D eigenvalue weighted by Crippen LogP contribution is -2.40. The monoisotopic (exact) mass is 519 g/mol. The summed E-state index contributed by atoms with van der Waals surface area (Å²) in [5.41, 5.74) is 6.69. The molecule has 3 atom stereocenters. The average molecular weight is 520 g/mol. The fourth-order valence-corrected chi connectivity index (χ4v) is 3.71. The second-order valence-electron chi connectivity index (χ2n) is 10.4. The topological polar surface area (TPSA) is 131 Å². The van der Waals surface area contributed by atoms with E-state index in [1.807, 2.05) is 0 Å². The highest BCUT2D eigenvalue weighted by Gasteiger charge is 2.28. The molecule has 0 unspecified atom stereocenters. The van der Waals surface area contributed by atoms with Gasteiger partial charge in [-0.1, -0.05) is 53.0 Å². The molecule has 1 aromatic carbocycles. The average Bonchev–Trinajstić information content (AvgIpc) is 2.85. The van der Waals surface area contributed by atoms with Crippen LogP contribution in [-0.4, -0.2) is 42.1 Å². The molecule has 0 aromatic heterocycles. The van der Waals surface area contributed by atoms with Gasteiger partial charge in [-0.3, -0.25) is 19.2 Å². The number of carbonyl (C=O) groups excluding carboxylic acids is 4. The first-order chi connectivity index (χ1) is 17.4. The Bertz CT molecular complexity index is 952. The summed E-state index contributed by atoms with van der Waals surface area (Å²) in [7, 11) is 0. The van der Waals surface area contributed by atoms with Crippen molar-refractivity contribution in [2.75, 3.05) is 0 Å². The lowest BCUT2D eigenvalue weighted by atomic mass is 9.89. The summed E-state index contributed by atoms with van der Waals surface area (Å²) in [6.07, 6.45) is 3.64. The number of ether oxygens (including phenoxy) is 4. The maximum absolute atomic E-state index is 12.6. The maximum atomic E-state index is 12.6. The van der Waals surface area contributed by atoms with Crippen LogP contribution in [0.15, 0.2) is 18.2 Å². The number of esters is 4. The van der Waals surface area contributed by atoms with Crippen LogP contribution in [0.5, 0.6) is 11.5 Å². The van der Waals surface area contributed by atoms with Gasteiger partial charge in [0.05, 0.1) is 17.8 Å². The lowest BCUT2D eigenvalue weighted by molar-refractivity contribution is -0.169. The molecule has 1 fully saturated rings. The molecule has 0 bridgehead atoms. The van der Waals surface area contributed by atoms with Crippen LogP contribution < -0.4 is 15.2 Å². The first-order valence-electron chi connectivity index (χ1n) is 13.1. The number of carbonyl (C=O) groups is 4. The molecule has 1 aliphatic carbocycles. The normalized spacial score (nSPS) is 16.6. The Morgan fingerprint density at radius 2 is 1.32 bits per heavy atom. The predicted molar refractivity (Wildman–Crippen MR) is 137 cm³/mol. The third-order valence-electron chi connectivity index (χ3n) is 6.33. The van der Waals surface area contributed by atoms with Crippen LogP contribution in [0, 0.1) is 17.8 Å². The van der Waals surface area contributed by atoms with Crippen LogP contribution in [0.4, 0.5) is 0 Å². The zero-order valence-corrected chi connectivity index (χ0v) is 22.8. The van der Waals surface area contributed by atoms with E-state index in [0.717, 1.165) is 32.1 Å². The molecular formula is C28H41NO8. The summed E-state index contributed by atoms with van der Waals surface area (Å²) in [5.74, 6) is -2.55. The second kappa shape index (κ2) is 14.1. The smallest absolute Gasteiger partial charge is 0.323 e. The largest absolute Gasteiger partial charge is 0.459 e. The van der Waals surface area contributed by atoms with E-state index in [1.54, 1.807) is 47.6 Å². The van der Waals surface area contributed by atoms with Crippen molar-refractivity contribution in [1.29, 1.82) is 0 Å². The van der Waals surface area contributed by atoms with E-state index >= 15 is 0 Å². The Morgan fingerprint density at radius 3 is 1.89 bits per heavy atom. The fourth-order valence-electron chi connectivity index (χ4n) is 3.71. The van der Waals surface area contributed by atoms with Gasteiger partial charge in [-0.25, -0.2) is 0 Å². The molecule has 9 heteroatoms. The molecular weight excluding hydrogens is 478 g/mol. The van der Waals surface area contributed by atoms with Crippen LogP contribution >= 0.6 is 0 Å². The molecule has 1 aliphatic rings. The van der Waals surface area contributed by atoms with E-state index in [0.29, 0.717) is 5.56 Å². The minimum absolute atomic E-state index is 0.0717. The van der Waals surface area contributed by atoms with Gasteiger partial charge in [-0.05, 0) is 50.8 Å². The number of rotatable bonds is 11. The van der Waals surface area contributed by atoms with Gasteiger partial charge in [-0.2, -0.15) is 0 Å². The van der Waals surface area contributed by atoms with Crippen molar-refractivity contribution in [3.63, 3.8) is 0 Å². The highest BCUT2D eigenvalue weighted by molar-refractivity contribution is 5.79. The minimum Gasteiger partial charge on any atom is -0.459 e. The summed E-state index contributed by atoms with van der Waals surface area (Å²) in [5, 5.41) is 0. The van der Waals surface area contributed by atoms with Gasteiger partial charge in [0.1, 0.15) is 18.2 Å². The van der Waals surface area contributed by atoms with E-state index in [-0.39, 0.29) is 35.7 Å². The first-order valence-corrected chi connectivity index (χ1v) is 13.1. The Labute approximate surface area is 219 Å². The van der Waals surface area contributed by atoms with Crippen molar-refractivity contribution >= 4 is 23.9 Å². The standard InChI is InChI=1S/C28H41NO8/c1-16(2)25(30)36-23-13-12-20(15-24(23)37-26(31)17(3)4)14-22(29)28(33)35-19(6)18(5)34-27(32)21-10-8-7-9-11-21/h12-13,15-19,21-22H,7-11,14,29H2,1-6H3/t18-,19-,22-/m0/s1. The summed E-state index contributed by atoms with van der Waals surface area (Å²) >= 11 is 0. The number of hydrogen-bond acceptors (Lipinski definition) is 9. The van der Waals surface area contributed by atoms with Crippen LogP contribution in [0.1, 0.15) is 79.2 Å². The highest BCUT2D eigenvalue weighted by Crippen LogP contribution is 2.31. The molecule has 1 saturated carbocycles. The first kappa shape index (κ1) is 30.3. The Morgan fingerprint density at radius 1 is 0.784 bits per heavy atom. The molecule has 0 radical (unpaired) electrons. The van der Waals surface area contributed by atoms with E-state index < -0.39 is 42.1 Å². The van der Waals surface area contributed by atoms with Crippen LogP contribution in [0.25, 0.3) is 0 Å². The van der Waals surface area contributed by atoms with Crippen LogP contribution in [0.2, 0.25) is 0 Å². The van der Waals surface area contributed by atoms with Gasteiger partial charge in [0, 0.05) is 0 Å². The van der Waals surface area contributed by atoms with Crippen LogP contribution in [0.3, 0.4) is 0 Å². The van der Waals surface area contributed by atoms with Gasteiger partial charge >= 0.3 is 23.9 Å². The number of benzene rings is 1. The molecule has 0 spiro atoms. The van der Waals surface area contributed by atoms with Crippen molar-refractivity contribution < 1.29 is 38.1 Å². The van der Waals surface area contributed by atoms with Crippen molar-refractivity contribution in [3.8, 4) is 11.5 Å². The van der Waals surface area contributed by atoms with Gasteiger partial charge in [0.2, 0.25) is 0 Å². The Balaban J connectivity index is 2.01. The summed E-state index contributed by atoms with van der Waals surface area (Å²) < 4.78 is 21.8. The van der Waals surface area contributed by atoms with Gasteiger partial charge < -0.3 is 24.7 Å². The molecule has 2 rings (SSSR count). The summed E-state index contributed by atoms with van der Waals surface area (Å²) in [6.45, 7) is 10.1. The van der Waals surface area contributed by atoms with Crippen molar-refractivity contribution in [3.05, 3.63) is 23.8 Å². The molecule has 1 aromatic rings. The van der Waals surface area contributed by atoms with Gasteiger partial charge in [0.25, 0.3) is 0 Å². The third-order valence-corrected chi connectivity index (χ3v) is 6.33. The predicted octanol–water partition coefficient (Wildman–Crippen LogP) is 4.12. The molecule has 2 N–H and O–H groups in total. The molecule has 0 saturated heterocycles. The highest BCUT2D eigenvalue weighted by atomic mass is 16.6. The summed E-state index contributed by atoms with van der Waals surface area (Å²) in [6, 6.07) is 3.66. The second-order valence-corrected chi connectivity index (χ2v) is 10.4. The quantitative estimate of drug-likeness (QED) is 0.339.